The van der Waals surface area contributed by atoms with Crippen LogP contribution in [0.5, 0.6) is 5.75 Å². The Labute approximate surface area is 103 Å². The predicted molar refractivity (Wildman–Crippen MR) is 72.3 cm³/mol. The van der Waals surface area contributed by atoms with Gasteiger partial charge in [-0.3, -0.25) is 0 Å². The maximum atomic E-state index is 9.85. The highest BCUT2D eigenvalue weighted by atomic mass is 16.3. The van der Waals surface area contributed by atoms with Crippen LogP contribution in [-0.4, -0.2) is 5.11 Å². The maximum Gasteiger partial charge on any atom is 0.119 e. The summed E-state index contributed by atoms with van der Waals surface area (Å²) in [4.78, 5) is 0. The van der Waals surface area contributed by atoms with Gasteiger partial charge in [-0.2, -0.15) is 0 Å². The first-order valence-electron chi connectivity index (χ1n) is 6.16. The van der Waals surface area contributed by atoms with Crippen LogP contribution in [0.4, 0.5) is 0 Å². The Bertz CT molecular complexity index is 497. The summed E-state index contributed by atoms with van der Waals surface area (Å²) >= 11 is 0. The zero-order valence-electron chi connectivity index (χ0n) is 10.4. The molecule has 0 spiro atoms. The van der Waals surface area contributed by atoms with Gasteiger partial charge in [-0.05, 0) is 35.6 Å². The zero-order chi connectivity index (χ0) is 12.3. The average molecular weight is 226 g/mol. The normalized spacial score (nSPS) is 10.5. The number of hydrogen-bond donors (Lipinski definition) is 1. The third kappa shape index (κ3) is 2.33. The topological polar surface area (TPSA) is 20.2 Å². The first kappa shape index (κ1) is 11.7. The second kappa shape index (κ2) is 5.05. The summed E-state index contributed by atoms with van der Waals surface area (Å²) in [6.45, 7) is 4.22. The number of aryl methyl sites for hydroxylation is 1. The summed E-state index contributed by atoms with van der Waals surface area (Å²) < 4.78 is 0. The Morgan fingerprint density at radius 2 is 1.59 bits per heavy atom. The fourth-order valence-electron chi connectivity index (χ4n) is 2.14. The van der Waals surface area contributed by atoms with Gasteiger partial charge in [0, 0.05) is 5.56 Å². The van der Waals surface area contributed by atoms with Crippen LogP contribution in [0, 0.1) is 0 Å². The Morgan fingerprint density at radius 1 is 0.882 bits per heavy atom. The summed E-state index contributed by atoms with van der Waals surface area (Å²) in [5, 5.41) is 9.85. The van der Waals surface area contributed by atoms with Crippen LogP contribution < -0.4 is 0 Å². The van der Waals surface area contributed by atoms with Crippen LogP contribution in [0.25, 0.3) is 11.1 Å². The Kier molecular flexibility index (Phi) is 3.48. The predicted octanol–water partition coefficient (Wildman–Crippen LogP) is 4.18. The monoisotopic (exact) mass is 226 g/mol. The molecule has 0 unspecified atom stereocenters. The van der Waals surface area contributed by atoms with Gasteiger partial charge in [-0.25, -0.2) is 0 Å². The van der Waals surface area contributed by atoms with Gasteiger partial charge in [0.1, 0.15) is 5.75 Å². The molecule has 0 heterocycles. The highest BCUT2D eigenvalue weighted by Gasteiger charge is 2.07. The quantitative estimate of drug-likeness (QED) is 0.832. The van der Waals surface area contributed by atoms with Crippen LogP contribution in [0.1, 0.15) is 25.0 Å². The molecular formula is C16H18O. The van der Waals surface area contributed by atoms with E-state index in [1.54, 1.807) is 6.07 Å². The lowest BCUT2D eigenvalue weighted by atomic mass is 9.96. The molecule has 0 aliphatic carbocycles. The average Bonchev–Trinajstić information content (AvgIpc) is 2.38. The molecule has 17 heavy (non-hydrogen) atoms. The highest BCUT2D eigenvalue weighted by Crippen LogP contribution is 2.30. The van der Waals surface area contributed by atoms with Gasteiger partial charge in [0.15, 0.2) is 0 Å². The largest absolute Gasteiger partial charge is 0.508 e. The van der Waals surface area contributed by atoms with E-state index in [2.05, 4.69) is 44.2 Å². The van der Waals surface area contributed by atoms with Gasteiger partial charge < -0.3 is 5.11 Å². The molecule has 88 valence electrons. The smallest absolute Gasteiger partial charge is 0.119 e. The molecule has 0 aromatic heterocycles. The van der Waals surface area contributed by atoms with Gasteiger partial charge in [0.25, 0.3) is 0 Å². The second-order valence-corrected chi connectivity index (χ2v) is 4.21. The van der Waals surface area contributed by atoms with Crippen molar-refractivity contribution in [3.05, 3.63) is 53.6 Å². The summed E-state index contributed by atoms with van der Waals surface area (Å²) in [5.74, 6) is 0.393. The van der Waals surface area contributed by atoms with Gasteiger partial charge >= 0.3 is 0 Å². The maximum absolute atomic E-state index is 9.85. The van der Waals surface area contributed by atoms with E-state index < -0.39 is 0 Å². The minimum atomic E-state index is 0.393. The third-order valence-corrected chi connectivity index (χ3v) is 3.18. The summed E-state index contributed by atoms with van der Waals surface area (Å²) in [5.41, 5.74) is 4.67. The van der Waals surface area contributed by atoms with E-state index in [4.69, 9.17) is 0 Å². The van der Waals surface area contributed by atoms with Crippen molar-refractivity contribution in [1.29, 1.82) is 0 Å². The van der Waals surface area contributed by atoms with E-state index in [0.717, 1.165) is 24.0 Å². The number of benzene rings is 2. The van der Waals surface area contributed by atoms with Crippen LogP contribution in [0.15, 0.2) is 42.5 Å². The van der Waals surface area contributed by atoms with Crippen LogP contribution >= 0.6 is 0 Å². The lowest BCUT2D eigenvalue weighted by Crippen LogP contribution is -1.89. The van der Waals surface area contributed by atoms with Crippen molar-refractivity contribution in [2.24, 2.45) is 0 Å². The summed E-state index contributed by atoms with van der Waals surface area (Å²) in [6, 6.07) is 14.3. The van der Waals surface area contributed by atoms with Crippen molar-refractivity contribution in [3.8, 4) is 16.9 Å². The molecule has 2 aromatic carbocycles. The van der Waals surface area contributed by atoms with Crippen molar-refractivity contribution < 1.29 is 5.11 Å². The van der Waals surface area contributed by atoms with Crippen molar-refractivity contribution in [2.75, 3.05) is 0 Å². The van der Waals surface area contributed by atoms with E-state index in [1.165, 1.54) is 11.1 Å². The van der Waals surface area contributed by atoms with E-state index in [9.17, 15) is 5.11 Å². The molecule has 2 aromatic rings. The molecule has 0 atom stereocenters. The summed E-state index contributed by atoms with van der Waals surface area (Å²) in [6.07, 6.45) is 1.90. The lowest BCUT2D eigenvalue weighted by molar-refractivity contribution is 0.469. The van der Waals surface area contributed by atoms with Crippen LogP contribution in [0.3, 0.4) is 0 Å². The van der Waals surface area contributed by atoms with Crippen molar-refractivity contribution in [1.82, 2.24) is 0 Å². The third-order valence-electron chi connectivity index (χ3n) is 3.18. The number of phenols is 1. The number of rotatable bonds is 3. The molecular weight excluding hydrogens is 208 g/mol. The molecule has 0 amide bonds. The number of phenolic OH excluding ortho intramolecular Hbond substituents is 1. The molecule has 2 rings (SSSR count). The molecule has 0 radical (unpaired) electrons. The van der Waals surface area contributed by atoms with Gasteiger partial charge in [0.05, 0.1) is 0 Å². The highest BCUT2D eigenvalue weighted by molar-refractivity contribution is 5.70. The standard InChI is InChI=1S/C16H18O/c1-3-12-8-10-13(11-9-12)15-6-5-7-16(17)14(15)4-2/h5-11,17H,3-4H2,1-2H3. The van der Waals surface area contributed by atoms with Crippen molar-refractivity contribution >= 4 is 0 Å². The molecule has 0 aliphatic rings. The van der Waals surface area contributed by atoms with Gasteiger partial charge in [-0.1, -0.05) is 50.2 Å². The molecule has 1 N–H and O–H groups in total. The Morgan fingerprint density at radius 3 is 2.18 bits per heavy atom. The number of aromatic hydroxyl groups is 1. The molecule has 0 bridgehead atoms. The molecule has 1 nitrogen and oxygen atoms in total. The molecule has 1 heteroatoms. The molecule has 0 aliphatic heterocycles. The van der Waals surface area contributed by atoms with Crippen molar-refractivity contribution in [3.63, 3.8) is 0 Å². The number of hydrogen-bond acceptors (Lipinski definition) is 1. The Hall–Kier alpha value is -1.76. The van der Waals surface area contributed by atoms with E-state index >= 15 is 0 Å². The first-order valence-corrected chi connectivity index (χ1v) is 6.16. The lowest BCUT2D eigenvalue weighted by Gasteiger charge is -2.10. The SMILES string of the molecule is CCc1ccc(-c2cccc(O)c2CC)cc1. The molecule has 0 fully saturated rings. The van der Waals surface area contributed by atoms with Crippen LogP contribution in [0.2, 0.25) is 0 Å². The van der Waals surface area contributed by atoms with Gasteiger partial charge in [-0.15, -0.1) is 0 Å². The van der Waals surface area contributed by atoms with Crippen LogP contribution in [-0.2, 0) is 12.8 Å². The molecule has 0 saturated heterocycles. The first-order chi connectivity index (χ1) is 8.26. The minimum absolute atomic E-state index is 0.393. The Balaban J connectivity index is 2.48. The zero-order valence-corrected chi connectivity index (χ0v) is 10.4. The fourth-order valence-corrected chi connectivity index (χ4v) is 2.14. The second-order valence-electron chi connectivity index (χ2n) is 4.21. The summed E-state index contributed by atoms with van der Waals surface area (Å²) in [7, 11) is 0. The van der Waals surface area contributed by atoms with Crippen molar-refractivity contribution in [2.45, 2.75) is 26.7 Å². The van der Waals surface area contributed by atoms with Gasteiger partial charge in [0.2, 0.25) is 0 Å². The van der Waals surface area contributed by atoms with E-state index in [-0.39, 0.29) is 0 Å². The fraction of sp³-hybridized carbons (Fsp3) is 0.250. The minimum Gasteiger partial charge on any atom is -0.508 e. The van der Waals surface area contributed by atoms with E-state index in [1.807, 2.05) is 6.07 Å². The molecule has 0 saturated carbocycles. The van der Waals surface area contributed by atoms with E-state index in [0.29, 0.717) is 5.75 Å².